The van der Waals surface area contributed by atoms with Crippen LogP contribution >= 0.6 is 0 Å². The maximum Gasteiger partial charge on any atom is 0.416 e. The Morgan fingerprint density at radius 3 is 1.17 bits per heavy atom. The molecule has 0 saturated heterocycles. The molecule has 0 bridgehead atoms. The summed E-state index contributed by atoms with van der Waals surface area (Å²) in [6.07, 6.45) is -5.45. The Hall–Kier alpha value is -6.64. The monoisotopic (exact) mass is 722 g/mol. The van der Waals surface area contributed by atoms with Crippen LogP contribution in [0.1, 0.15) is 22.5 Å². The molecule has 53 heavy (non-hydrogen) atoms. The molecular formula is C38H24F6N8O. The number of alkyl halides is 6. The second kappa shape index (κ2) is 12.5. The van der Waals surface area contributed by atoms with E-state index in [4.69, 9.17) is 4.74 Å². The fraction of sp³-hybridized carbons (Fsp3) is 0.105. The van der Waals surface area contributed by atoms with Crippen molar-refractivity contribution in [3.63, 3.8) is 0 Å². The lowest BCUT2D eigenvalue weighted by molar-refractivity contribution is -0.138. The molecule has 0 unspecified atom stereocenters. The van der Waals surface area contributed by atoms with Crippen LogP contribution < -0.4 is 4.74 Å². The molecule has 0 atom stereocenters. The molecule has 0 saturated carbocycles. The summed E-state index contributed by atoms with van der Waals surface area (Å²) in [6, 6.07) is 23.9. The van der Waals surface area contributed by atoms with Crippen molar-refractivity contribution in [3.8, 4) is 45.4 Å². The molecule has 4 heterocycles. The zero-order valence-corrected chi connectivity index (χ0v) is 27.6. The van der Waals surface area contributed by atoms with Crippen LogP contribution in [0.5, 0.6) is 11.5 Å². The lowest BCUT2D eigenvalue weighted by Gasteiger charge is -2.08. The Kier molecular flexibility index (Phi) is 7.93. The van der Waals surface area contributed by atoms with Crippen LogP contribution in [0.25, 0.3) is 55.7 Å². The highest BCUT2D eigenvalue weighted by molar-refractivity contribution is 5.94. The van der Waals surface area contributed by atoms with Crippen molar-refractivity contribution in [2.75, 3.05) is 0 Å². The largest absolute Gasteiger partial charge is 0.457 e. The predicted molar refractivity (Wildman–Crippen MR) is 184 cm³/mol. The van der Waals surface area contributed by atoms with Gasteiger partial charge in [-0.2, -0.15) is 46.7 Å². The average molecular weight is 723 g/mol. The first kappa shape index (κ1) is 33.5. The minimum atomic E-state index is -4.44. The lowest BCUT2D eigenvalue weighted by Crippen LogP contribution is -2.05. The smallest absolute Gasteiger partial charge is 0.416 e. The third-order valence-electron chi connectivity index (χ3n) is 8.63. The highest BCUT2D eigenvalue weighted by Gasteiger charge is 2.31. The quantitative estimate of drug-likeness (QED) is 0.158. The minimum Gasteiger partial charge on any atom is -0.457 e. The third-order valence-corrected chi connectivity index (χ3v) is 8.63. The van der Waals surface area contributed by atoms with Crippen molar-refractivity contribution >= 4 is 21.8 Å². The fourth-order valence-corrected chi connectivity index (χ4v) is 5.88. The second-order valence-electron chi connectivity index (χ2n) is 12.2. The van der Waals surface area contributed by atoms with E-state index < -0.39 is 23.5 Å². The number of hydrogen-bond donors (Lipinski definition) is 0. The van der Waals surface area contributed by atoms with Crippen LogP contribution in [0, 0.1) is 13.8 Å². The third kappa shape index (κ3) is 6.41. The van der Waals surface area contributed by atoms with E-state index in [-0.39, 0.29) is 0 Å². The minimum absolute atomic E-state index is 0.460. The molecule has 0 N–H and O–H groups in total. The number of halogens is 6. The van der Waals surface area contributed by atoms with Crippen LogP contribution in [-0.4, -0.2) is 40.0 Å². The Balaban J connectivity index is 1.02. The summed E-state index contributed by atoms with van der Waals surface area (Å²) in [5.74, 6) is 1.10. The SMILES string of the molecule is Cc1nnc(-c2ccc(Oc3ccc(-c4nnc(C)c5nn(-c6ccc(C(F)(F)F)cc6)cc45)cc3)cc2)c2cn(-c3ccc(C(F)(F)F)cc3)nc12. The van der Waals surface area contributed by atoms with Gasteiger partial charge >= 0.3 is 12.4 Å². The van der Waals surface area contributed by atoms with Crippen molar-refractivity contribution < 1.29 is 31.1 Å². The number of aromatic nitrogens is 8. The van der Waals surface area contributed by atoms with Gasteiger partial charge in [-0.15, -0.1) is 10.2 Å². The zero-order chi connectivity index (χ0) is 37.1. The predicted octanol–water partition coefficient (Wildman–Crippen LogP) is 9.73. The fourth-order valence-electron chi connectivity index (χ4n) is 5.88. The Morgan fingerprint density at radius 1 is 0.472 bits per heavy atom. The van der Waals surface area contributed by atoms with E-state index in [9.17, 15) is 26.3 Å². The molecule has 8 aromatic rings. The van der Waals surface area contributed by atoms with E-state index in [1.165, 1.54) is 33.6 Å². The first-order valence-corrected chi connectivity index (χ1v) is 16.0. The number of aryl methyl sites for hydroxylation is 2. The van der Waals surface area contributed by atoms with Gasteiger partial charge in [-0.3, -0.25) is 0 Å². The van der Waals surface area contributed by atoms with Gasteiger partial charge in [-0.1, -0.05) is 0 Å². The topological polar surface area (TPSA) is 96.4 Å². The molecule has 0 fully saturated rings. The van der Waals surface area contributed by atoms with E-state index in [0.29, 0.717) is 67.5 Å². The summed E-state index contributed by atoms with van der Waals surface area (Å²) in [6.45, 7) is 3.52. The normalized spacial score (nSPS) is 12.2. The molecule has 0 amide bonds. The summed E-state index contributed by atoms with van der Waals surface area (Å²) in [4.78, 5) is 0. The van der Waals surface area contributed by atoms with Gasteiger partial charge in [0, 0.05) is 23.5 Å². The number of benzene rings is 4. The second-order valence-corrected chi connectivity index (χ2v) is 12.2. The Labute approximate surface area is 296 Å². The van der Waals surface area contributed by atoms with Crippen molar-refractivity contribution in [1.82, 2.24) is 40.0 Å². The van der Waals surface area contributed by atoms with E-state index in [2.05, 4.69) is 30.6 Å². The van der Waals surface area contributed by atoms with Gasteiger partial charge in [0.05, 0.1) is 44.7 Å². The standard InChI is InChI=1S/C38H24F6N8O/c1-21-33-31(19-51(49-33)27-11-7-25(8-12-27)37(39,40)41)35(47-45-21)23-3-15-29(16-4-23)53-30-17-5-24(6-18-30)36-32-20-52(50-34(32)22(2)46-48-36)28-13-9-26(10-14-28)38(42,43)44/h3-20H,1-2H3. The molecule has 0 aliphatic heterocycles. The molecule has 264 valence electrons. The summed E-state index contributed by atoms with van der Waals surface area (Å²) >= 11 is 0. The van der Waals surface area contributed by atoms with Gasteiger partial charge in [0.25, 0.3) is 0 Å². The lowest BCUT2D eigenvalue weighted by atomic mass is 10.1. The molecule has 0 radical (unpaired) electrons. The molecule has 0 spiro atoms. The molecule has 0 aliphatic carbocycles. The van der Waals surface area contributed by atoms with E-state index in [0.717, 1.165) is 35.4 Å². The maximum absolute atomic E-state index is 13.1. The van der Waals surface area contributed by atoms with Gasteiger partial charge in [0.2, 0.25) is 0 Å². The van der Waals surface area contributed by atoms with Crippen molar-refractivity contribution in [1.29, 1.82) is 0 Å². The summed E-state index contributed by atoms with van der Waals surface area (Å²) < 4.78 is 87.5. The summed E-state index contributed by atoms with van der Waals surface area (Å²) in [5, 5.41) is 27.8. The van der Waals surface area contributed by atoms with Crippen LogP contribution in [0.15, 0.2) is 109 Å². The van der Waals surface area contributed by atoms with Crippen molar-refractivity contribution in [3.05, 3.63) is 132 Å². The molecule has 9 nitrogen and oxygen atoms in total. The first-order valence-electron chi connectivity index (χ1n) is 16.0. The molecule has 4 aromatic carbocycles. The number of nitrogens with zero attached hydrogens (tertiary/aromatic N) is 8. The van der Waals surface area contributed by atoms with Gasteiger partial charge in [-0.05, 0) is 111 Å². The van der Waals surface area contributed by atoms with Crippen LogP contribution in [0.3, 0.4) is 0 Å². The average Bonchev–Trinajstić information content (AvgIpc) is 3.80. The molecule has 4 aromatic heterocycles. The number of rotatable bonds is 6. The molecular weight excluding hydrogens is 698 g/mol. The highest BCUT2D eigenvalue weighted by Crippen LogP contribution is 2.35. The first-order chi connectivity index (χ1) is 25.3. The molecule has 8 rings (SSSR count). The van der Waals surface area contributed by atoms with E-state index in [1.54, 1.807) is 50.5 Å². The number of fused-ring (bicyclic) bond motifs is 2. The van der Waals surface area contributed by atoms with Crippen molar-refractivity contribution in [2.45, 2.75) is 26.2 Å². The van der Waals surface area contributed by atoms with Gasteiger partial charge < -0.3 is 4.74 Å². The van der Waals surface area contributed by atoms with Crippen LogP contribution in [0.4, 0.5) is 26.3 Å². The van der Waals surface area contributed by atoms with E-state index in [1.807, 2.05) is 24.3 Å². The van der Waals surface area contributed by atoms with Gasteiger partial charge in [0.15, 0.2) is 0 Å². The zero-order valence-electron chi connectivity index (χ0n) is 27.6. The molecule has 0 aliphatic rings. The van der Waals surface area contributed by atoms with E-state index >= 15 is 0 Å². The van der Waals surface area contributed by atoms with Gasteiger partial charge in [0.1, 0.15) is 33.9 Å². The Morgan fingerprint density at radius 2 is 0.830 bits per heavy atom. The molecule has 15 heteroatoms. The highest BCUT2D eigenvalue weighted by atomic mass is 19.4. The number of hydrogen-bond acceptors (Lipinski definition) is 7. The Bertz CT molecular complexity index is 2430. The van der Waals surface area contributed by atoms with Crippen LogP contribution in [-0.2, 0) is 12.4 Å². The van der Waals surface area contributed by atoms with Crippen LogP contribution in [0.2, 0.25) is 0 Å². The maximum atomic E-state index is 13.1. The summed E-state index contributed by atoms with van der Waals surface area (Å²) in [7, 11) is 0. The number of ether oxygens (including phenoxy) is 1. The van der Waals surface area contributed by atoms with Crippen molar-refractivity contribution in [2.24, 2.45) is 0 Å². The van der Waals surface area contributed by atoms with Gasteiger partial charge in [-0.25, -0.2) is 9.36 Å². The summed E-state index contributed by atoms with van der Waals surface area (Å²) in [5.41, 5.74) is 4.27.